The minimum absolute atomic E-state index is 0.292. The summed E-state index contributed by atoms with van der Waals surface area (Å²) >= 11 is 0. The van der Waals surface area contributed by atoms with Crippen molar-refractivity contribution in [2.24, 2.45) is 0 Å². The van der Waals surface area contributed by atoms with Gasteiger partial charge in [0.05, 0.1) is 48.2 Å². The SMILES string of the molecule is [2H]c1c([2H])c([2H])c(-c2c([2H])c([2H])c(N(c3c([2H])c([2H])c(-c4c([2H])c([2H])c([2H])c5c([2H])c([2H])c([2H])c([2H])c45)c([2H])c3[2H])c3c([2H])c([2H])c([2H])c([2H])c3-c3c([2H])c([2H])c([2H])c4c3oc3c([2H])c([2H])c([2H])c([2H])c34)c([2H])c2[2H])c([2H])c1[2H]. The Labute approximate surface area is 323 Å². The number of benzene rings is 8. The molecule has 0 aliphatic heterocycles. The van der Waals surface area contributed by atoms with Crippen LogP contribution in [0.3, 0.4) is 0 Å². The zero-order chi connectivity index (χ0) is 58.8. The molecule has 48 heavy (non-hydrogen) atoms. The first-order valence-electron chi connectivity index (χ1n) is 29.3. The topological polar surface area (TPSA) is 16.4 Å². The number of furan rings is 1. The maximum absolute atomic E-state index is 9.71. The Morgan fingerprint density at radius 1 is 0.375 bits per heavy atom. The Kier molecular flexibility index (Phi) is 2.59. The summed E-state index contributed by atoms with van der Waals surface area (Å²) < 4.78 is 283. The third kappa shape index (κ3) is 4.83. The Balaban J connectivity index is 1.54. The molecule has 0 radical (unpaired) electrons. The summed E-state index contributed by atoms with van der Waals surface area (Å²) in [5, 5.41) is -2.50. The first-order valence-corrected chi connectivity index (χ1v) is 13.8. The van der Waals surface area contributed by atoms with Crippen LogP contribution in [0.25, 0.3) is 66.1 Å². The Bertz CT molecular complexity index is 4240. The molecule has 0 atom stereocenters. The molecule has 0 saturated heterocycles. The van der Waals surface area contributed by atoms with E-state index in [9.17, 15) is 15.1 Å². The van der Waals surface area contributed by atoms with Crippen LogP contribution in [0.15, 0.2) is 192 Å². The summed E-state index contributed by atoms with van der Waals surface area (Å²) in [7, 11) is 0. The highest BCUT2D eigenvalue weighted by atomic mass is 16.3. The highest BCUT2D eigenvalue weighted by Crippen LogP contribution is 2.45. The van der Waals surface area contributed by atoms with E-state index < -0.39 is 270 Å². The van der Waals surface area contributed by atoms with Gasteiger partial charge in [-0.2, -0.15) is 0 Å². The van der Waals surface area contributed by atoms with E-state index in [4.69, 9.17) is 31.8 Å². The third-order valence-electron chi connectivity index (χ3n) is 7.06. The summed E-state index contributed by atoms with van der Waals surface area (Å²) in [5.41, 5.74) is -10.7. The molecular weight excluding hydrogens is 583 g/mol. The lowest BCUT2D eigenvalue weighted by Gasteiger charge is -2.28. The van der Waals surface area contributed by atoms with E-state index in [0.717, 1.165) is 0 Å². The van der Waals surface area contributed by atoms with Crippen LogP contribution in [0.4, 0.5) is 17.1 Å². The predicted molar refractivity (Wildman–Crippen MR) is 202 cm³/mol. The smallest absolute Gasteiger partial charge is 0.143 e. The van der Waals surface area contributed by atoms with Crippen LogP contribution in [0.1, 0.15) is 42.5 Å². The maximum Gasteiger partial charge on any atom is 0.143 e. The van der Waals surface area contributed by atoms with Crippen LogP contribution >= 0.6 is 0 Å². The van der Waals surface area contributed by atoms with Gasteiger partial charge in [-0.05, 0) is 69.3 Å². The molecule has 9 aromatic rings. The average Bonchev–Trinajstić information content (AvgIpc) is 3.98. The molecule has 1 heterocycles. The van der Waals surface area contributed by atoms with E-state index in [0.29, 0.717) is 4.90 Å². The van der Waals surface area contributed by atoms with Crippen molar-refractivity contribution in [3.05, 3.63) is 187 Å². The van der Waals surface area contributed by atoms with Gasteiger partial charge in [0, 0.05) is 33.3 Å². The van der Waals surface area contributed by atoms with Crippen molar-refractivity contribution in [3.63, 3.8) is 0 Å². The number of rotatable bonds is 6. The lowest BCUT2D eigenvalue weighted by molar-refractivity contribution is 0.670. The first-order chi connectivity index (χ1) is 36.7. The number of hydrogen-bond acceptors (Lipinski definition) is 2. The van der Waals surface area contributed by atoms with Crippen LogP contribution in [0.2, 0.25) is 0 Å². The minimum atomic E-state index is -1.35. The number of nitrogens with zero attached hydrogens (tertiary/aromatic N) is 1. The monoisotopic (exact) mass is 644 g/mol. The predicted octanol–water partition coefficient (Wildman–Crippen LogP) is 13.2. The quantitative estimate of drug-likeness (QED) is 0.179. The molecule has 1 aromatic heterocycles. The van der Waals surface area contributed by atoms with E-state index in [2.05, 4.69) is 0 Å². The molecule has 0 unspecified atom stereocenters. The van der Waals surface area contributed by atoms with Gasteiger partial charge in [-0.1, -0.05) is 151 Å². The molecule has 0 spiro atoms. The molecule has 0 fully saturated rings. The van der Waals surface area contributed by atoms with Gasteiger partial charge in [-0.15, -0.1) is 0 Å². The number of hydrogen-bond donors (Lipinski definition) is 0. The Morgan fingerprint density at radius 3 is 1.73 bits per heavy atom. The summed E-state index contributed by atoms with van der Waals surface area (Å²) in [6.45, 7) is 0. The lowest BCUT2D eigenvalue weighted by atomic mass is 9.97. The van der Waals surface area contributed by atoms with Crippen LogP contribution in [-0.4, -0.2) is 0 Å². The number of para-hydroxylation sites is 3. The summed E-state index contributed by atoms with van der Waals surface area (Å²) in [5.74, 6) is 0. The van der Waals surface area contributed by atoms with Gasteiger partial charge < -0.3 is 9.32 Å². The molecule has 0 amide bonds. The minimum Gasteiger partial charge on any atom is -0.455 e. The summed E-state index contributed by atoms with van der Waals surface area (Å²) in [6.07, 6.45) is 0. The second-order valence-corrected chi connectivity index (χ2v) is 9.77. The van der Waals surface area contributed by atoms with Gasteiger partial charge in [0.15, 0.2) is 0 Å². The molecule has 0 saturated carbocycles. The average molecular weight is 645 g/mol. The van der Waals surface area contributed by atoms with Gasteiger partial charge in [0.2, 0.25) is 0 Å². The molecular formula is C46H31NO. The standard InChI is InChI=1S/C46H31NO/c1-2-12-32(13-3-1)33-24-28-36(29-25-33)47(37-30-26-35(27-31-37)39-19-10-15-34-14-4-5-16-38(34)39)44-22-8-6-17-40(44)42-20-11-21-43-41-18-7-9-23-45(41)48-46(42)43/h1-31H/i1D,2D,3D,4D,5D,6D,7D,8D,9D,10D,11D,12D,13D,14D,15D,16D,17D,18D,19D,20D,21D,22D,23D,24D,25D,26D,27D,28D,29D,30D,31D. The van der Waals surface area contributed by atoms with Crippen LogP contribution in [-0.2, 0) is 0 Å². The van der Waals surface area contributed by atoms with E-state index in [-0.39, 0.29) is 0 Å². The van der Waals surface area contributed by atoms with Crippen molar-refractivity contribution in [1.82, 2.24) is 0 Å². The first kappa shape index (κ1) is 10.6. The van der Waals surface area contributed by atoms with Gasteiger partial charge in [-0.3, -0.25) is 0 Å². The van der Waals surface area contributed by atoms with Gasteiger partial charge in [0.25, 0.3) is 0 Å². The van der Waals surface area contributed by atoms with Crippen molar-refractivity contribution >= 4 is 49.8 Å². The maximum atomic E-state index is 9.71. The second-order valence-electron chi connectivity index (χ2n) is 9.77. The second kappa shape index (κ2) is 11.8. The fourth-order valence-corrected chi connectivity index (χ4v) is 4.95. The van der Waals surface area contributed by atoms with Gasteiger partial charge in [0.1, 0.15) is 11.2 Å². The fourth-order valence-electron chi connectivity index (χ4n) is 4.95. The Hall–Kier alpha value is -6.38. The van der Waals surface area contributed by atoms with E-state index in [1.165, 1.54) is 0 Å². The Morgan fingerprint density at radius 2 is 0.917 bits per heavy atom. The van der Waals surface area contributed by atoms with Crippen molar-refractivity contribution in [2.45, 2.75) is 0 Å². The molecule has 2 nitrogen and oxygen atoms in total. The van der Waals surface area contributed by atoms with E-state index in [1.807, 2.05) is 0 Å². The van der Waals surface area contributed by atoms with Crippen molar-refractivity contribution in [1.29, 1.82) is 0 Å². The van der Waals surface area contributed by atoms with Crippen LogP contribution in [0.5, 0.6) is 0 Å². The third-order valence-corrected chi connectivity index (χ3v) is 7.06. The molecule has 226 valence electrons. The highest BCUT2D eigenvalue weighted by molar-refractivity contribution is 6.10. The molecule has 2 heteroatoms. The van der Waals surface area contributed by atoms with Crippen molar-refractivity contribution < 1.29 is 46.9 Å². The molecule has 8 aromatic carbocycles. The van der Waals surface area contributed by atoms with Gasteiger partial charge >= 0.3 is 0 Å². The highest BCUT2D eigenvalue weighted by Gasteiger charge is 2.20. The molecule has 0 N–H and O–H groups in total. The number of anilines is 3. The van der Waals surface area contributed by atoms with Gasteiger partial charge in [-0.25, -0.2) is 0 Å². The van der Waals surface area contributed by atoms with E-state index in [1.54, 1.807) is 0 Å². The zero-order valence-corrected chi connectivity index (χ0v) is 23.9. The van der Waals surface area contributed by atoms with Crippen LogP contribution < -0.4 is 4.90 Å². The molecule has 9 rings (SSSR count). The number of fused-ring (bicyclic) bond motifs is 4. The van der Waals surface area contributed by atoms with Crippen molar-refractivity contribution in [2.75, 3.05) is 4.90 Å². The molecule has 0 aliphatic carbocycles. The zero-order valence-electron chi connectivity index (χ0n) is 54.9. The summed E-state index contributed by atoms with van der Waals surface area (Å²) in [4.78, 5) is 0.292. The van der Waals surface area contributed by atoms with E-state index >= 15 is 0 Å². The van der Waals surface area contributed by atoms with Crippen molar-refractivity contribution in [3.8, 4) is 33.4 Å². The summed E-state index contributed by atoms with van der Waals surface area (Å²) in [6, 6.07) is -33.0. The molecule has 0 bridgehead atoms. The largest absolute Gasteiger partial charge is 0.455 e. The fraction of sp³-hybridized carbons (Fsp3) is 0. The van der Waals surface area contributed by atoms with Crippen LogP contribution in [0, 0.1) is 0 Å². The molecule has 0 aliphatic rings. The lowest BCUT2D eigenvalue weighted by Crippen LogP contribution is -2.11. The normalized spacial score (nSPS) is 20.4.